The van der Waals surface area contributed by atoms with E-state index in [2.05, 4.69) is 388 Å². The van der Waals surface area contributed by atoms with Gasteiger partial charge >= 0.3 is 0 Å². The van der Waals surface area contributed by atoms with E-state index in [1.807, 2.05) is 18.2 Å². The van der Waals surface area contributed by atoms with Crippen molar-refractivity contribution in [2.24, 2.45) is 0 Å². The van der Waals surface area contributed by atoms with Gasteiger partial charge in [-0.1, -0.05) is 267 Å². The van der Waals surface area contributed by atoms with E-state index in [0.717, 1.165) is 83.3 Å². The Labute approximate surface area is 631 Å². The molecule has 0 saturated heterocycles. The summed E-state index contributed by atoms with van der Waals surface area (Å²) in [7, 11) is 0. The van der Waals surface area contributed by atoms with Crippen LogP contribution in [-0.4, -0.2) is 18.3 Å². The summed E-state index contributed by atoms with van der Waals surface area (Å²) in [5, 5.41) is 19.4. The van der Waals surface area contributed by atoms with Gasteiger partial charge in [-0.15, -0.1) is 0 Å². The standard InChI is InChI=1S/2C52H32N2O/c1-2-13-35(14-3-1)53-46-23-7-4-15-39(46)41-29-27-34(32-50(41)53)33-28-30-49-45(31-33)40-16-5-8-24-47(40)54(49)48-25-12-19-36-37(18-10-20-38(36)48)43-21-11-22-44-42-17-6-9-26-51(42)55-52(43)44;1-2-12-36(13-3-1)53-46-20-7-4-14-40(46)42-27-24-34(31-50(42)53)33-26-29-49-45(30-33)41-15-5-8-21-47(41)54(49)48-22-11-18-38-37(17-10-19-39(38)48)35-25-28-44-43-16-6-9-23-51(43)55-52(44)32-35/h2*1-32H. The summed E-state index contributed by atoms with van der Waals surface area (Å²) in [6.45, 7) is 0. The van der Waals surface area contributed by atoms with Crippen LogP contribution in [0, 0.1) is 0 Å². The minimum atomic E-state index is 0.908. The highest BCUT2D eigenvalue weighted by Gasteiger charge is 2.23. The van der Waals surface area contributed by atoms with Crippen molar-refractivity contribution in [2.45, 2.75) is 0 Å². The summed E-state index contributed by atoms with van der Waals surface area (Å²) in [5.74, 6) is 0. The van der Waals surface area contributed by atoms with Crippen LogP contribution in [0.2, 0.25) is 0 Å². The Morgan fingerprint density at radius 2 is 0.491 bits per heavy atom. The van der Waals surface area contributed by atoms with E-state index >= 15 is 0 Å². The van der Waals surface area contributed by atoms with E-state index in [1.54, 1.807) is 0 Å². The molecule has 110 heavy (non-hydrogen) atoms. The predicted octanol–water partition coefficient (Wildman–Crippen LogP) is 28.5. The van der Waals surface area contributed by atoms with Gasteiger partial charge in [-0.05, 0) is 171 Å². The van der Waals surface area contributed by atoms with Gasteiger partial charge in [0.05, 0.1) is 55.5 Å². The number of para-hydroxylation sites is 9. The minimum absolute atomic E-state index is 0.908. The number of rotatable bonds is 8. The number of aromatic nitrogens is 4. The van der Waals surface area contributed by atoms with Crippen molar-refractivity contribution in [1.82, 2.24) is 18.3 Å². The van der Waals surface area contributed by atoms with E-state index in [-0.39, 0.29) is 0 Å². The van der Waals surface area contributed by atoms with Gasteiger partial charge in [0.2, 0.25) is 0 Å². The number of fused-ring (bicyclic) bond motifs is 20. The number of hydrogen-bond acceptors (Lipinski definition) is 2. The quantitative estimate of drug-likeness (QED) is 0.152. The zero-order valence-corrected chi connectivity index (χ0v) is 59.6. The lowest BCUT2D eigenvalue weighted by atomic mass is 9.96. The molecule has 0 saturated carbocycles. The monoisotopic (exact) mass is 1400 g/mol. The van der Waals surface area contributed by atoms with Crippen LogP contribution in [0.5, 0.6) is 0 Å². The third kappa shape index (κ3) is 9.43. The van der Waals surface area contributed by atoms with Crippen molar-refractivity contribution in [1.29, 1.82) is 0 Å². The zero-order chi connectivity index (χ0) is 72.1. The highest BCUT2D eigenvalue weighted by atomic mass is 16.3. The first-order valence-electron chi connectivity index (χ1n) is 37.7. The second kappa shape index (κ2) is 24.4. The summed E-state index contributed by atoms with van der Waals surface area (Å²) in [5.41, 5.74) is 27.3. The largest absolute Gasteiger partial charge is 0.456 e. The average Bonchev–Trinajstić information content (AvgIpc) is 1.57. The van der Waals surface area contributed by atoms with E-state index in [4.69, 9.17) is 8.83 Å². The van der Waals surface area contributed by atoms with E-state index in [1.165, 1.54) is 137 Å². The number of furan rings is 2. The van der Waals surface area contributed by atoms with E-state index in [0.29, 0.717) is 0 Å². The Hall–Kier alpha value is -14.7. The maximum Gasteiger partial charge on any atom is 0.143 e. The molecule has 0 unspecified atom stereocenters. The van der Waals surface area contributed by atoms with Crippen LogP contribution < -0.4 is 0 Å². The second-order valence-electron chi connectivity index (χ2n) is 29.0. The number of hydrogen-bond donors (Lipinski definition) is 0. The van der Waals surface area contributed by atoms with Crippen molar-refractivity contribution in [2.75, 3.05) is 0 Å². The molecule has 0 aliphatic heterocycles. The Morgan fingerprint density at radius 1 is 0.155 bits per heavy atom. The molecule has 0 aliphatic rings. The van der Waals surface area contributed by atoms with Crippen LogP contribution in [-0.2, 0) is 0 Å². The molecule has 24 aromatic rings. The van der Waals surface area contributed by atoms with Gasteiger partial charge in [0.25, 0.3) is 0 Å². The minimum Gasteiger partial charge on any atom is -0.456 e. The molecule has 0 N–H and O–H groups in total. The Kier molecular flexibility index (Phi) is 13.7. The zero-order valence-electron chi connectivity index (χ0n) is 59.6. The average molecular weight is 1400 g/mol. The molecular formula is C104H64N4O2. The predicted molar refractivity (Wildman–Crippen MR) is 462 cm³/mol. The second-order valence-corrected chi connectivity index (χ2v) is 29.0. The van der Waals surface area contributed by atoms with Crippen LogP contribution in [0.1, 0.15) is 0 Å². The number of nitrogens with zero attached hydrogens (tertiary/aromatic N) is 4. The first kappa shape index (κ1) is 61.6. The van der Waals surface area contributed by atoms with Gasteiger partial charge < -0.3 is 27.1 Å². The molecule has 0 bridgehead atoms. The van der Waals surface area contributed by atoms with Crippen LogP contribution in [0.3, 0.4) is 0 Å². The highest BCUT2D eigenvalue weighted by molar-refractivity contribution is 6.18. The molecule has 6 nitrogen and oxygen atoms in total. The summed E-state index contributed by atoms with van der Waals surface area (Å²) in [6.07, 6.45) is 0. The van der Waals surface area contributed by atoms with Gasteiger partial charge in [0, 0.05) is 92.3 Å². The first-order chi connectivity index (χ1) is 54.6. The third-order valence-corrected chi connectivity index (χ3v) is 23.1. The molecule has 0 fully saturated rings. The molecule has 6 heteroatoms. The Bertz CT molecular complexity index is 7910. The van der Waals surface area contributed by atoms with Crippen LogP contribution in [0.25, 0.3) is 220 Å². The Morgan fingerprint density at radius 3 is 1.03 bits per heavy atom. The Balaban J connectivity index is 0.000000132. The summed E-state index contributed by atoms with van der Waals surface area (Å²) in [4.78, 5) is 0. The van der Waals surface area contributed by atoms with Crippen LogP contribution in [0.15, 0.2) is 397 Å². The molecule has 6 heterocycles. The molecule has 24 rings (SSSR count). The molecule has 0 aliphatic carbocycles. The fourth-order valence-corrected chi connectivity index (χ4v) is 18.2. The fourth-order valence-electron chi connectivity index (χ4n) is 18.2. The first-order valence-corrected chi connectivity index (χ1v) is 37.7. The highest BCUT2D eigenvalue weighted by Crippen LogP contribution is 2.46. The van der Waals surface area contributed by atoms with E-state index < -0.39 is 0 Å². The van der Waals surface area contributed by atoms with Crippen molar-refractivity contribution in [3.05, 3.63) is 388 Å². The van der Waals surface area contributed by atoms with Gasteiger partial charge in [0.15, 0.2) is 0 Å². The lowest BCUT2D eigenvalue weighted by Gasteiger charge is -2.14. The molecule has 6 aromatic heterocycles. The summed E-state index contributed by atoms with van der Waals surface area (Å²) >= 11 is 0. The van der Waals surface area contributed by atoms with Crippen LogP contribution in [0.4, 0.5) is 0 Å². The molecule has 0 radical (unpaired) electrons. The molecule has 0 spiro atoms. The molecule has 0 amide bonds. The smallest absolute Gasteiger partial charge is 0.143 e. The maximum atomic E-state index is 6.51. The van der Waals surface area contributed by atoms with Gasteiger partial charge in [-0.25, -0.2) is 0 Å². The van der Waals surface area contributed by atoms with Gasteiger partial charge in [0.1, 0.15) is 22.3 Å². The number of benzene rings is 18. The van der Waals surface area contributed by atoms with Gasteiger partial charge in [-0.3, -0.25) is 0 Å². The SMILES string of the molecule is c1ccc(-n2c3ccccc3c3ccc(-c4ccc5c(c4)c4ccccc4n5-c4cccc5c(-c6ccc7c(c6)oc6ccccc67)cccc45)cc32)cc1.c1ccc(-n2c3ccccc3c3ccc(-c4ccc5c(c4)c4ccccc4n5-c4cccc5c(-c6cccc7c6oc6ccccc67)cccc45)cc32)cc1. The van der Waals surface area contributed by atoms with Crippen molar-refractivity contribution >= 4 is 153 Å². The van der Waals surface area contributed by atoms with Gasteiger partial charge in [-0.2, -0.15) is 0 Å². The fraction of sp³-hybridized carbons (Fsp3) is 0. The lowest BCUT2D eigenvalue weighted by Crippen LogP contribution is -1.96. The lowest BCUT2D eigenvalue weighted by molar-refractivity contribution is 0.669. The molecule has 18 aromatic carbocycles. The summed E-state index contributed by atoms with van der Waals surface area (Å²) in [6, 6.07) is 141. The summed E-state index contributed by atoms with van der Waals surface area (Å²) < 4.78 is 22.5. The molecular weight excluding hydrogens is 1340 g/mol. The van der Waals surface area contributed by atoms with E-state index in [9.17, 15) is 0 Å². The van der Waals surface area contributed by atoms with Crippen molar-refractivity contribution in [3.8, 4) is 67.3 Å². The third-order valence-electron chi connectivity index (χ3n) is 23.1. The van der Waals surface area contributed by atoms with Crippen molar-refractivity contribution < 1.29 is 8.83 Å². The normalized spacial score (nSPS) is 12.0. The molecule has 0 atom stereocenters. The van der Waals surface area contributed by atoms with Crippen molar-refractivity contribution in [3.63, 3.8) is 0 Å². The topological polar surface area (TPSA) is 46.0 Å². The molecule has 512 valence electrons. The maximum absolute atomic E-state index is 6.51. The van der Waals surface area contributed by atoms with Crippen LogP contribution >= 0.6 is 0 Å².